The third kappa shape index (κ3) is 2.80. The van der Waals surface area contributed by atoms with Gasteiger partial charge in [-0.2, -0.15) is 0 Å². The lowest BCUT2D eigenvalue weighted by atomic mass is 9.88. The van der Waals surface area contributed by atoms with Crippen molar-refractivity contribution in [1.82, 2.24) is 9.88 Å². The van der Waals surface area contributed by atoms with Crippen molar-refractivity contribution in [2.24, 2.45) is 0 Å². The van der Waals surface area contributed by atoms with Crippen molar-refractivity contribution in [2.45, 2.75) is 31.6 Å². The first-order valence-electron chi connectivity index (χ1n) is 8.77. The molecule has 1 atom stereocenters. The molecule has 0 fully saturated rings. The molecule has 0 bridgehead atoms. The second-order valence-corrected chi connectivity index (χ2v) is 6.81. The Morgan fingerprint density at radius 2 is 2.00 bits per heavy atom. The van der Waals surface area contributed by atoms with E-state index < -0.39 is 0 Å². The van der Waals surface area contributed by atoms with E-state index in [2.05, 4.69) is 10.3 Å². The Morgan fingerprint density at radius 3 is 2.88 bits per heavy atom. The number of carbonyl (C=O) groups is 2. The van der Waals surface area contributed by atoms with E-state index in [1.54, 1.807) is 24.2 Å². The average Bonchev–Trinajstić information content (AvgIpc) is 2.65. The summed E-state index contributed by atoms with van der Waals surface area (Å²) in [6.07, 6.45) is 5.98. The molecular weight excluding hydrogens is 314 g/mol. The topological polar surface area (TPSA) is 62.3 Å². The molecule has 25 heavy (non-hydrogen) atoms. The minimum Gasteiger partial charge on any atom is -0.341 e. The Kier molecular flexibility index (Phi) is 3.99. The summed E-state index contributed by atoms with van der Waals surface area (Å²) in [4.78, 5) is 31.4. The first kappa shape index (κ1) is 15.8. The maximum Gasteiger partial charge on any atom is 0.253 e. The van der Waals surface area contributed by atoms with Crippen LogP contribution in [0.4, 0.5) is 5.69 Å². The molecule has 0 saturated heterocycles. The van der Waals surface area contributed by atoms with Gasteiger partial charge in [0.2, 0.25) is 5.91 Å². The highest BCUT2D eigenvalue weighted by atomic mass is 16.2. The van der Waals surface area contributed by atoms with Crippen LogP contribution in [0.15, 0.2) is 36.5 Å². The Hall–Kier alpha value is -2.69. The molecule has 128 valence electrons. The number of anilines is 1. The van der Waals surface area contributed by atoms with Crippen LogP contribution in [0.2, 0.25) is 0 Å². The second kappa shape index (κ2) is 6.31. The molecule has 2 aliphatic rings. The maximum absolute atomic E-state index is 13.0. The Bertz CT molecular complexity index is 847. The minimum absolute atomic E-state index is 0.0269. The summed E-state index contributed by atoms with van der Waals surface area (Å²) in [5.41, 5.74) is 4.56. The van der Waals surface area contributed by atoms with E-state index in [1.165, 1.54) is 0 Å². The molecule has 4 rings (SSSR count). The van der Waals surface area contributed by atoms with Gasteiger partial charge in [-0.15, -0.1) is 0 Å². The summed E-state index contributed by atoms with van der Waals surface area (Å²) < 4.78 is 0. The van der Waals surface area contributed by atoms with Gasteiger partial charge in [0.25, 0.3) is 5.91 Å². The Labute approximate surface area is 147 Å². The van der Waals surface area contributed by atoms with E-state index in [1.807, 2.05) is 24.3 Å². The van der Waals surface area contributed by atoms with Crippen LogP contribution in [-0.4, -0.2) is 35.3 Å². The summed E-state index contributed by atoms with van der Waals surface area (Å²) in [5.74, 6) is -0.446. The third-order valence-electron chi connectivity index (χ3n) is 5.18. The number of hydrogen-bond acceptors (Lipinski definition) is 3. The van der Waals surface area contributed by atoms with Crippen LogP contribution in [0.5, 0.6) is 0 Å². The molecule has 5 heteroatoms. The largest absolute Gasteiger partial charge is 0.341 e. The van der Waals surface area contributed by atoms with Gasteiger partial charge in [-0.3, -0.25) is 14.6 Å². The fourth-order valence-corrected chi connectivity index (χ4v) is 3.84. The Morgan fingerprint density at radius 1 is 1.20 bits per heavy atom. The number of fused-ring (bicyclic) bond motifs is 2. The molecule has 1 aromatic heterocycles. The van der Waals surface area contributed by atoms with Gasteiger partial charge in [-0.25, -0.2) is 0 Å². The zero-order chi connectivity index (χ0) is 17.4. The number of amides is 2. The normalized spacial score (nSPS) is 19.2. The van der Waals surface area contributed by atoms with Gasteiger partial charge < -0.3 is 10.2 Å². The molecule has 2 heterocycles. The number of aryl methyl sites for hydroxylation is 1. The molecule has 2 amide bonds. The fraction of sp³-hybridized carbons (Fsp3) is 0.350. The molecule has 0 spiro atoms. The number of carbonyl (C=O) groups excluding carboxylic acids is 2. The van der Waals surface area contributed by atoms with Crippen LogP contribution in [0.1, 0.15) is 45.9 Å². The molecule has 1 aromatic carbocycles. The molecular formula is C20H21N3O2. The van der Waals surface area contributed by atoms with Crippen LogP contribution in [0, 0.1) is 0 Å². The monoisotopic (exact) mass is 335 g/mol. The number of rotatable bonds is 2. The Balaban J connectivity index is 1.64. The number of nitrogens with zero attached hydrogens (tertiary/aromatic N) is 2. The van der Waals surface area contributed by atoms with E-state index in [-0.39, 0.29) is 17.7 Å². The van der Waals surface area contributed by atoms with Gasteiger partial charge in [0, 0.05) is 36.7 Å². The van der Waals surface area contributed by atoms with Crippen molar-refractivity contribution in [3.05, 3.63) is 58.9 Å². The molecule has 1 N–H and O–H groups in total. The number of likely N-dealkylation sites (N-methyl/N-ethyl adjacent to an activating group) is 1. The number of pyridine rings is 1. The number of hydrogen-bond donors (Lipinski definition) is 1. The molecule has 1 aliphatic heterocycles. The fourth-order valence-electron chi connectivity index (χ4n) is 3.84. The molecule has 1 aliphatic carbocycles. The predicted octanol–water partition coefficient (Wildman–Crippen LogP) is 2.77. The number of benzene rings is 1. The van der Waals surface area contributed by atoms with Crippen LogP contribution in [0.3, 0.4) is 0 Å². The molecule has 0 radical (unpaired) electrons. The van der Waals surface area contributed by atoms with Gasteiger partial charge in [0.1, 0.15) is 0 Å². The zero-order valence-corrected chi connectivity index (χ0v) is 14.3. The number of aromatic nitrogens is 1. The lowest BCUT2D eigenvalue weighted by Gasteiger charge is -2.31. The highest BCUT2D eigenvalue weighted by Crippen LogP contribution is 2.31. The minimum atomic E-state index is -0.355. The van der Waals surface area contributed by atoms with Crippen LogP contribution >= 0.6 is 0 Å². The molecule has 2 aromatic rings. The van der Waals surface area contributed by atoms with Crippen molar-refractivity contribution in [1.29, 1.82) is 0 Å². The average molecular weight is 335 g/mol. The van der Waals surface area contributed by atoms with E-state index in [9.17, 15) is 9.59 Å². The van der Waals surface area contributed by atoms with Gasteiger partial charge in [0.05, 0.1) is 5.92 Å². The first-order valence-corrected chi connectivity index (χ1v) is 8.77. The van der Waals surface area contributed by atoms with Crippen LogP contribution < -0.4 is 5.32 Å². The maximum atomic E-state index is 13.0. The zero-order valence-electron chi connectivity index (χ0n) is 14.3. The van der Waals surface area contributed by atoms with Crippen LogP contribution in [0.25, 0.3) is 0 Å². The second-order valence-electron chi connectivity index (χ2n) is 6.81. The van der Waals surface area contributed by atoms with E-state index >= 15 is 0 Å². The SMILES string of the molecule is CN1CC(C(=O)Nc2ccnc3c2CCCC3)c2ccccc2C1=O. The van der Waals surface area contributed by atoms with Gasteiger partial charge in [-0.1, -0.05) is 18.2 Å². The van der Waals surface area contributed by atoms with Crippen molar-refractivity contribution in [3.63, 3.8) is 0 Å². The summed E-state index contributed by atoms with van der Waals surface area (Å²) >= 11 is 0. The lowest BCUT2D eigenvalue weighted by Crippen LogP contribution is -2.41. The van der Waals surface area contributed by atoms with E-state index in [0.29, 0.717) is 12.1 Å². The van der Waals surface area contributed by atoms with E-state index in [0.717, 1.165) is 48.2 Å². The third-order valence-corrected chi connectivity index (χ3v) is 5.18. The van der Waals surface area contributed by atoms with Gasteiger partial charge in [0.15, 0.2) is 0 Å². The summed E-state index contributed by atoms with van der Waals surface area (Å²) in [7, 11) is 1.74. The highest BCUT2D eigenvalue weighted by Gasteiger charge is 2.33. The van der Waals surface area contributed by atoms with Gasteiger partial charge in [-0.05, 0) is 48.9 Å². The summed E-state index contributed by atoms with van der Waals surface area (Å²) in [6.45, 7) is 0.398. The highest BCUT2D eigenvalue weighted by molar-refractivity contribution is 6.03. The van der Waals surface area contributed by atoms with Crippen molar-refractivity contribution < 1.29 is 9.59 Å². The molecule has 1 unspecified atom stereocenters. The number of nitrogens with one attached hydrogen (secondary N) is 1. The van der Waals surface area contributed by atoms with Crippen molar-refractivity contribution >= 4 is 17.5 Å². The molecule has 0 saturated carbocycles. The van der Waals surface area contributed by atoms with Crippen LogP contribution in [-0.2, 0) is 17.6 Å². The summed E-state index contributed by atoms with van der Waals surface area (Å²) in [5, 5.41) is 3.10. The predicted molar refractivity (Wildman–Crippen MR) is 95.7 cm³/mol. The summed E-state index contributed by atoms with van der Waals surface area (Å²) in [6, 6.07) is 9.27. The van der Waals surface area contributed by atoms with E-state index in [4.69, 9.17) is 0 Å². The first-order chi connectivity index (χ1) is 12.1. The lowest BCUT2D eigenvalue weighted by molar-refractivity contribution is -0.117. The quantitative estimate of drug-likeness (QED) is 0.918. The van der Waals surface area contributed by atoms with Crippen molar-refractivity contribution in [3.8, 4) is 0 Å². The molecule has 5 nitrogen and oxygen atoms in total. The van der Waals surface area contributed by atoms with Crippen molar-refractivity contribution in [2.75, 3.05) is 18.9 Å². The smallest absolute Gasteiger partial charge is 0.253 e. The standard InChI is InChI=1S/C20H21N3O2/c1-23-12-16(13-6-2-3-7-14(13)20(23)25)19(24)22-18-10-11-21-17-9-5-4-8-15(17)18/h2-3,6-7,10-11,16H,4-5,8-9,12H2,1H3,(H,21,22,24). The van der Waals surface area contributed by atoms with Gasteiger partial charge >= 0.3 is 0 Å².